The summed E-state index contributed by atoms with van der Waals surface area (Å²) in [6, 6.07) is 2.00. The lowest BCUT2D eigenvalue weighted by molar-refractivity contribution is -0.384. The van der Waals surface area contributed by atoms with Crippen LogP contribution in [0.1, 0.15) is 12.8 Å². The van der Waals surface area contributed by atoms with E-state index >= 15 is 0 Å². The van der Waals surface area contributed by atoms with Crippen LogP contribution in [0.25, 0.3) is 0 Å². The van der Waals surface area contributed by atoms with Crippen LogP contribution in [0.5, 0.6) is 0 Å². The SMILES string of the molecule is CN1C(=O)CCC(Nc2ccc([N+](=O)[O-])c(N)n2)C1=O. The lowest BCUT2D eigenvalue weighted by Crippen LogP contribution is -2.48. The van der Waals surface area contributed by atoms with Crippen LogP contribution in [0.15, 0.2) is 12.1 Å². The number of carbonyl (C=O) groups excluding carboxylic acids is 2. The van der Waals surface area contributed by atoms with Crippen molar-refractivity contribution in [2.75, 3.05) is 18.1 Å². The predicted octanol–water partition coefficient (Wildman–Crippen LogP) is 0.131. The molecule has 1 atom stereocenters. The van der Waals surface area contributed by atoms with Crippen molar-refractivity contribution in [1.29, 1.82) is 0 Å². The Morgan fingerprint density at radius 1 is 1.50 bits per heavy atom. The summed E-state index contributed by atoms with van der Waals surface area (Å²) in [6.45, 7) is 0. The third kappa shape index (κ3) is 2.51. The standard InChI is InChI=1S/C11H13N5O4/c1-15-9(17)5-2-6(11(15)18)13-8-4-3-7(16(19)20)10(12)14-8/h3-4,6H,2,5H2,1H3,(H3,12,13,14). The van der Waals surface area contributed by atoms with Gasteiger partial charge in [0.15, 0.2) is 0 Å². The Kier molecular flexibility index (Phi) is 3.51. The molecule has 1 aromatic heterocycles. The van der Waals surface area contributed by atoms with Crippen molar-refractivity contribution in [3.8, 4) is 0 Å². The second-order valence-corrected chi connectivity index (χ2v) is 4.38. The van der Waals surface area contributed by atoms with E-state index in [2.05, 4.69) is 10.3 Å². The molecule has 0 bridgehead atoms. The van der Waals surface area contributed by atoms with Crippen LogP contribution in [0, 0.1) is 10.1 Å². The number of nitrogens with one attached hydrogen (secondary N) is 1. The van der Waals surface area contributed by atoms with Gasteiger partial charge in [0, 0.05) is 19.5 Å². The van der Waals surface area contributed by atoms with Gasteiger partial charge in [-0.05, 0) is 12.5 Å². The first-order valence-corrected chi connectivity index (χ1v) is 5.88. The van der Waals surface area contributed by atoms with E-state index in [-0.39, 0.29) is 35.6 Å². The molecule has 0 saturated carbocycles. The quantitative estimate of drug-likeness (QED) is 0.456. The molecule has 2 heterocycles. The molecule has 20 heavy (non-hydrogen) atoms. The number of hydrogen-bond acceptors (Lipinski definition) is 7. The first-order valence-electron chi connectivity index (χ1n) is 5.88. The van der Waals surface area contributed by atoms with E-state index in [1.54, 1.807) is 0 Å². The highest BCUT2D eigenvalue weighted by Crippen LogP contribution is 2.22. The number of nitro groups is 1. The molecule has 1 aliphatic heterocycles. The Labute approximate surface area is 113 Å². The lowest BCUT2D eigenvalue weighted by Gasteiger charge is -2.28. The number of nitrogens with two attached hydrogens (primary N) is 1. The molecule has 1 unspecified atom stereocenters. The summed E-state index contributed by atoms with van der Waals surface area (Å²) in [7, 11) is 1.41. The van der Waals surface area contributed by atoms with E-state index < -0.39 is 11.0 Å². The number of hydrogen-bond donors (Lipinski definition) is 2. The topological polar surface area (TPSA) is 131 Å². The number of carbonyl (C=O) groups is 2. The van der Waals surface area contributed by atoms with Crippen LogP contribution in [-0.2, 0) is 9.59 Å². The van der Waals surface area contributed by atoms with Gasteiger partial charge in [0.2, 0.25) is 11.7 Å². The van der Waals surface area contributed by atoms with Crippen LogP contribution in [0.2, 0.25) is 0 Å². The second-order valence-electron chi connectivity index (χ2n) is 4.38. The van der Waals surface area contributed by atoms with Crippen LogP contribution in [0.4, 0.5) is 17.3 Å². The van der Waals surface area contributed by atoms with E-state index in [0.29, 0.717) is 6.42 Å². The van der Waals surface area contributed by atoms with Crippen molar-refractivity contribution >= 4 is 29.1 Å². The van der Waals surface area contributed by atoms with Gasteiger partial charge >= 0.3 is 5.69 Å². The molecule has 9 heteroatoms. The van der Waals surface area contributed by atoms with E-state index in [0.717, 1.165) is 4.90 Å². The molecule has 106 valence electrons. The molecule has 0 spiro atoms. The normalized spacial score (nSPS) is 19.1. The maximum Gasteiger partial charge on any atom is 0.311 e. The molecule has 2 rings (SSSR count). The van der Waals surface area contributed by atoms with Crippen molar-refractivity contribution in [3.63, 3.8) is 0 Å². The fourth-order valence-corrected chi connectivity index (χ4v) is 1.93. The fourth-order valence-electron chi connectivity index (χ4n) is 1.93. The van der Waals surface area contributed by atoms with Crippen molar-refractivity contribution in [2.45, 2.75) is 18.9 Å². The van der Waals surface area contributed by atoms with Crippen LogP contribution < -0.4 is 11.1 Å². The van der Waals surface area contributed by atoms with Gasteiger partial charge < -0.3 is 11.1 Å². The number of rotatable bonds is 3. The Morgan fingerprint density at radius 2 is 2.20 bits per heavy atom. The molecule has 1 fully saturated rings. The minimum atomic E-state index is -0.635. The zero-order valence-corrected chi connectivity index (χ0v) is 10.7. The molecule has 1 aliphatic rings. The number of piperidine rings is 1. The Hall–Kier alpha value is -2.71. The van der Waals surface area contributed by atoms with Crippen LogP contribution in [0.3, 0.4) is 0 Å². The first kappa shape index (κ1) is 13.7. The average Bonchev–Trinajstić information content (AvgIpc) is 2.39. The number of nitrogens with zero attached hydrogens (tertiary/aromatic N) is 3. The molecule has 2 amide bonds. The van der Waals surface area contributed by atoms with Gasteiger partial charge in [-0.25, -0.2) is 4.98 Å². The maximum absolute atomic E-state index is 11.9. The minimum absolute atomic E-state index is 0.229. The largest absolute Gasteiger partial charge is 0.378 e. The molecular weight excluding hydrogens is 266 g/mol. The Balaban J connectivity index is 2.14. The summed E-state index contributed by atoms with van der Waals surface area (Å²) in [5.74, 6) is -0.564. The molecule has 9 nitrogen and oxygen atoms in total. The summed E-state index contributed by atoms with van der Waals surface area (Å²) < 4.78 is 0. The molecule has 1 aromatic rings. The molecule has 0 aromatic carbocycles. The summed E-state index contributed by atoms with van der Waals surface area (Å²) in [4.78, 5) is 38.1. The lowest BCUT2D eigenvalue weighted by atomic mass is 10.0. The number of amides is 2. The number of nitrogen functional groups attached to an aromatic ring is 1. The highest BCUT2D eigenvalue weighted by molar-refractivity contribution is 6.01. The molecule has 0 aliphatic carbocycles. The Morgan fingerprint density at radius 3 is 2.80 bits per heavy atom. The van der Waals surface area contributed by atoms with Crippen LogP contribution >= 0.6 is 0 Å². The summed E-state index contributed by atoms with van der Waals surface area (Å²) in [5.41, 5.74) is 5.18. The zero-order valence-electron chi connectivity index (χ0n) is 10.7. The highest BCUT2D eigenvalue weighted by atomic mass is 16.6. The van der Waals surface area contributed by atoms with Crippen molar-refractivity contribution in [1.82, 2.24) is 9.88 Å². The van der Waals surface area contributed by atoms with Crippen molar-refractivity contribution < 1.29 is 14.5 Å². The average molecular weight is 279 g/mol. The number of aromatic nitrogens is 1. The first-order chi connectivity index (χ1) is 9.40. The van der Waals surface area contributed by atoms with E-state index in [1.807, 2.05) is 0 Å². The second kappa shape index (κ2) is 5.11. The van der Waals surface area contributed by atoms with E-state index in [1.165, 1.54) is 19.2 Å². The number of likely N-dealkylation sites (N-methyl/N-ethyl adjacent to an activating group) is 1. The number of pyridine rings is 1. The van der Waals surface area contributed by atoms with Crippen molar-refractivity contribution in [2.24, 2.45) is 0 Å². The summed E-state index contributed by atoms with van der Waals surface area (Å²) >= 11 is 0. The third-order valence-corrected chi connectivity index (χ3v) is 3.07. The smallest absolute Gasteiger partial charge is 0.311 e. The van der Waals surface area contributed by atoms with Gasteiger partial charge in [-0.1, -0.05) is 0 Å². The number of likely N-dealkylation sites (tertiary alicyclic amines) is 1. The van der Waals surface area contributed by atoms with Gasteiger partial charge in [-0.15, -0.1) is 0 Å². The van der Waals surface area contributed by atoms with Crippen molar-refractivity contribution in [3.05, 3.63) is 22.2 Å². The summed E-state index contributed by atoms with van der Waals surface area (Å²) in [5, 5.41) is 13.5. The van der Waals surface area contributed by atoms with Gasteiger partial charge in [0.25, 0.3) is 5.91 Å². The zero-order chi connectivity index (χ0) is 14.9. The predicted molar refractivity (Wildman–Crippen MR) is 69.7 cm³/mol. The third-order valence-electron chi connectivity index (χ3n) is 3.07. The minimum Gasteiger partial charge on any atom is -0.378 e. The highest BCUT2D eigenvalue weighted by Gasteiger charge is 2.32. The van der Waals surface area contributed by atoms with Gasteiger partial charge in [-0.3, -0.25) is 24.6 Å². The number of anilines is 2. The summed E-state index contributed by atoms with van der Waals surface area (Å²) in [6.07, 6.45) is 0.600. The fraction of sp³-hybridized carbons (Fsp3) is 0.364. The number of imide groups is 1. The molecular formula is C11H13N5O4. The molecule has 0 radical (unpaired) electrons. The molecule has 3 N–H and O–H groups in total. The maximum atomic E-state index is 11.9. The van der Waals surface area contributed by atoms with Gasteiger partial charge in [-0.2, -0.15) is 0 Å². The van der Waals surface area contributed by atoms with Crippen LogP contribution in [-0.4, -0.2) is 39.7 Å². The Bertz CT molecular complexity index is 588. The monoisotopic (exact) mass is 279 g/mol. The van der Waals surface area contributed by atoms with E-state index in [9.17, 15) is 19.7 Å². The molecule has 1 saturated heterocycles. The van der Waals surface area contributed by atoms with E-state index in [4.69, 9.17) is 5.73 Å². The van der Waals surface area contributed by atoms with Gasteiger partial charge in [0.1, 0.15) is 11.9 Å². The van der Waals surface area contributed by atoms with Gasteiger partial charge in [0.05, 0.1) is 4.92 Å².